The molecule has 0 atom stereocenters. The minimum Gasteiger partial charge on any atom is -0.398 e. The molecule has 0 aliphatic carbocycles. The number of nitrogens with one attached hydrogen (secondary N) is 1. The van der Waals surface area contributed by atoms with Gasteiger partial charge < -0.3 is 11.5 Å². The third-order valence-corrected chi connectivity index (χ3v) is 3.84. The fraction of sp³-hybridized carbons (Fsp3) is 0.250. The second-order valence-corrected chi connectivity index (χ2v) is 5.43. The van der Waals surface area contributed by atoms with E-state index in [4.69, 9.17) is 11.5 Å². The molecule has 1 amide bonds. The predicted molar refractivity (Wildman–Crippen MR) is 72.6 cm³/mol. The molecule has 6 nitrogen and oxygen atoms in total. The quantitative estimate of drug-likeness (QED) is 0.402. The summed E-state index contributed by atoms with van der Waals surface area (Å²) in [5, 5.41) is 0. The Morgan fingerprint density at radius 1 is 1.42 bits per heavy atom. The van der Waals surface area contributed by atoms with Gasteiger partial charge in [-0.2, -0.15) is 0 Å². The Bertz CT molecular complexity index is 642. The number of carbonyl (C=O) groups is 1. The molecule has 7 heteroatoms. The molecule has 19 heavy (non-hydrogen) atoms. The maximum absolute atomic E-state index is 11.9. The van der Waals surface area contributed by atoms with Gasteiger partial charge in [-0.05, 0) is 25.1 Å². The molecule has 102 valence electrons. The van der Waals surface area contributed by atoms with Gasteiger partial charge in [-0.15, -0.1) is 11.8 Å². The number of nitrogen functional groups attached to an aromatic ring is 1. The van der Waals surface area contributed by atoms with Crippen LogP contribution < -0.4 is 16.2 Å². The highest BCUT2D eigenvalue weighted by atomic mass is 32.2. The Morgan fingerprint density at radius 2 is 2.11 bits per heavy atom. The van der Waals surface area contributed by atoms with Crippen molar-refractivity contribution in [3.63, 3.8) is 0 Å². The highest BCUT2D eigenvalue weighted by Gasteiger charge is 2.17. The molecule has 1 aromatic rings. The molecule has 0 spiro atoms. The summed E-state index contributed by atoms with van der Waals surface area (Å²) < 4.78 is 26.3. The third-order valence-electron chi connectivity index (χ3n) is 2.30. The van der Waals surface area contributed by atoms with E-state index in [0.29, 0.717) is 6.42 Å². The largest absolute Gasteiger partial charge is 0.398 e. The van der Waals surface area contributed by atoms with Crippen molar-refractivity contribution in [2.24, 2.45) is 5.73 Å². The fourth-order valence-electron chi connectivity index (χ4n) is 1.40. The van der Waals surface area contributed by atoms with Crippen LogP contribution in [0.2, 0.25) is 0 Å². The van der Waals surface area contributed by atoms with Crippen LogP contribution in [0.3, 0.4) is 0 Å². The lowest BCUT2D eigenvalue weighted by Gasteiger charge is -2.08. The molecular weight excluding hydrogens is 266 g/mol. The number of sulfonamides is 1. The van der Waals surface area contributed by atoms with Crippen LogP contribution in [0, 0.1) is 11.8 Å². The molecule has 0 fully saturated rings. The SMILES string of the molecule is CC#CCCNS(=O)(=O)c1ccc(C(N)=O)cc1N. The van der Waals surface area contributed by atoms with Crippen molar-refractivity contribution in [2.45, 2.75) is 18.2 Å². The molecule has 0 saturated carbocycles. The molecule has 0 heterocycles. The van der Waals surface area contributed by atoms with E-state index in [1.54, 1.807) is 6.92 Å². The van der Waals surface area contributed by atoms with E-state index in [9.17, 15) is 13.2 Å². The molecule has 0 aromatic heterocycles. The summed E-state index contributed by atoms with van der Waals surface area (Å²) in [5.41, 5.74) is 10.8. The molecule has 0 aliphatic heterocycles. The van der Waals surface area contributed by atoms with Crippen LogP contribution in [0.4, 0.5) is 5.69 Å². The molecule has 0 unspecified atom stereocenters. The van der Waals surface area contributed by atoms with Crippen molar-refractivity contribution < 1.29 is 13.2 Å². The topological polar surface area (TPSA) is 115 Å². The van der Waals surface area contributed by atoms with E-state index >= 15 is 0 Å². The number of hydrogen-bond donors (Lipinski definition) is 3. The van der Waals surface area contributed by atoms with Gasteiger partial charge in [0.2, 0.25) is 15.9 Å². The van der Waals surface area contributed by atoms with Gasteiger partial charge in [0.1, 0.15) is 4.90 Å². The first-order valence-electron chi connectivity index (χ1n) is 5.47. The van der Waals surface area contributed by atoms with Crippen molar-refractivity contribution in [1.29, 1.82) is 0 Å². The second kappa shape index (κ2) is 6.22. The Hall–Kier alpha value is -2.04. The average Bonchev–Trinajstić information content (AvgIpc) is 2.34. The number of primary amides is 1. The molecule has 1 aromatic carbocycles. The molecule has 1 rings (SSSR count). The van der Waals surface area contributed by atoms with Gasteiger partial charge in [-0.3, -0.25) is 4.79 Å². The van der Waals surface area contributed by atoms with E-state index in [2.05, 4.69) is 16.6 Å². The Morgan fingerprint density at radius 3 is 2.63 bits per heavy atom. The Kier molecular flexibility index (Phi) is 4.92. The summed E-state index contributed by atoms with van der Waals surface area (Å²) in [7, 11) is -3.71. The third kappa shape index (κ3) is 3.98. The van der Waals surface area contributed by atoms with Gasteiger partial charge >= 0.3 is 0 Å². The first-order chi connectivity index (χ1) is 8.88. The van der Waals surface area contributed by atoms with E-state index in [1.807, 2.05) is 0 Å². The number of amides is 1. The van der Waals surface area contributed by atoms with Crippen molar-refractivity contribution in [1.82, 2.24) is 4.72 Å². The predicted octanol–water partition coefficient (Wildman–Crippen LogP) is 0.0594. The maximum atomic E-state index is 11.9. The van der Waals surface area contributed by atoms with E-state index in [0.717, 1.165) is 0 Å². The van der Waals surface area contributed by atoms with Crippen molar-refractivity contribution in [3.8, 4) is 11.8 Å². The molecule has 0 aliphatic rings. The lowest BCUT2D eigenvalue weighted by Crippen LogP contribution is -2.25. The Balaban J connectivity index is 2.94. The fourth-order valence-corrected chi connectivity index (χ4v) is 2.54. The maximum Gasteiger partial charge on any atom is 0.248 e. The van der Waals surface area contributed by atoms with Gasteiger partial charge in [0.05, 0.1) is 5.69 Å². The number of anilines is 1. The number of carbonyl (C=O) groups excluding carboxylic acids is 1. The van der Waals surface area contributed by atoms with Crippen LogP contribution in [0.1, 0.15) is 23.7 Å². The molecule has 0 bridgehead atoms. The minimum atomic E-state index is -3.71. The van der Waals surface area contributed by atoms with Crippen molar-refractivity contribution in [2.75, 3.05) is 12.3 Å². The first kappa shape index (κ1) is 15.0. The van der Waals surface area contributed by atoms with Crippen LogP contribution in [-0.2, 0) is 10.0 Å². The number of nitrogens with two attached hydrogens (primary N) is 2. The summed E-state index contributed by atoms with van der Waals surface area (Å²) in [6, 6.07) is 3.81. The zero-order valence-electron chi connectivity index (χ0n) is 10.4. The zero-order chi connectivity index (χ0) is 14.5. The van der Waals surface area contributed by atoms with Crippen molar-refractivity contribution in [3.05, 3.63) is 23.8 Å². The van der Waals surface area contributed by atoms with Crippen LogP contribution in [-0.4, -0.2) is 20.9 Å². The lowest BCUT2D eigenvalue weighted by atomic mass is 10.2. The van der Waals surface area contributed by atoms with Crippen molar-refractivity contribution >= 4 is 21.6 Å². The van der Waals surface area contributed by atoms with Gasteiger partial charge in [0.25, 0.3) is 0 Å². The highest BCUT2D eigenvalue weighted by Crippen LogP contribution is 2.19. The minimum absolute atomic E-state index is 0.0228. The van der Waals surface area contributed by atoms with Crippen LogP contribution >= 0.6 is 0 Å². The molecule has 0 radical (unpaired) electrons. The summed E-state index contributed by atoms with van der Waals surface area (Å²) in [5.74, 6) is 4.74. The average molecular weight is 281 g/mol. The number of rotatable bonds is 5. The lowest BCUT2D eigenvalue weighted by molar-refractivity contribution is 0.1000. The van der Waals surface area contributed by atoms with Gasteiger partial charge in [0, 0.05) is 18.5 Å². The van der Waals surface area contributed by atoms with E-state index in [-0.39, 0.29) is 22.7 Å². The monoisotopic (exact) mass is 281 g/mol. The van der Waals surface area contributed by atoms with Gasteiger partial charge in [-0.25, -0.2) is 13.1 Å². The molecular formula is C12H15N3O3S. The van der Waals surface area contributed by atoms with Crippen LogP contribution in [0.15, 0.2) is 23.1 Å². The van der Waals surface area contributed by atoms with Gasteiger partial charge in [-0.1, -0.05) is 0 Å². The summed E-state index contributed by atoms with van der Waals surface area (Å²) in [6.07, 6.45) is 0.412. The zero-order valence-corrected chi connectivity index (χ0v) is 11.3. The second-order valence-electron chi connectivity index (χ2n) is 3.69. The van der Waals surface area contributed by atoms with E-state index in [1.165, 1.54) is 18.2 Å². The number of hydrogen-bond acceptors (Lipinski definition) is 4. The summed E-state index contributed by atoms with van der Waals surface area (Å²) >= 11 is 0. The Labute approximate surface area is 112 Å². The summed E-state index contributed by atoms with van der Waals surface area (Å²) in [6.45, 7) is 1.87. The smallest absolute Gasteiger partial charge is 0.248 e. The van der Waals surface area contributed by atoms with Crippen LogP contribution in [0.25, 0.3) is 0 Å². The summed E-state index contributed by atoms with van der Waals surface area (Å²) in [4.78, 5) is 10.9. The molecule has 5 N–H and O–H groups in total. The number of benzene rings is 1. The van der Waals surface area contributed by atoms with Crippen LogP contribution in [0.5, 0.6) is 0 Å². The molecule has 0 saturated heterocycles. The first-order valence-corrected chi connectivity index (χ1v) is 6.95. The van der Waals surface area contributed by atoms with E-state index < -0.39 is 15.9 Å². The highest BCUT2D eigenvalue weighted by molar-refractivity contribution is 7.89. The van der Waals surface area contributed by atoms with Gasteiger partial charge in [0.15, 0.2) is 0 Å². The standard InChI is InChI=1S/C12H15N3O3S/c1-2-3-4-7-15-19(17,18)11-6-5-9(12(14)16)8-10(11)13/h5-6,8,15H,4,7,13H2,1H3,(H2,14,16). The normalized spacial score (nSPS) is 10.6.